The molecule has 1 aromatic carbocycles. The first-order valence-electron chi connectivity index (χ1n) is 4.67. The predicted molar refractivity (Wildman–Crippen MR) is 64.3 cm³/mol. The van der Waals surface area contributed by atoms with E-state index < -0.39 is 0 Å². The lowest BCUT2D eigenvalue weighted by atomic mass is 10.1. The molecule has 2 N–H and O–H groups in total. The zero-order chi connectivity index (χ0) is 12.1. The van der Waals surface area contributed by atoms with Crippen LogP contribution in [-0.2, 0) is 0 Å². The van der Waals surface area contributed by atoms with Crippen LogP contribution in [0.15, 0.2) is 28.8 Å². The third-order valence-electron chi connectivity index (χ3n) is 1.95. The van der Waals surface area contributed by atoms with Crippen molar-refractivity contribution in [3.05, 3.63) is 40.1 Å². The van der Waals surface area contributed by atoms with Gasteiger partial charge in [0.25, 0.3) is 0 Å². The smallest absolute Gasteiger partial charge is 0.127 e. The number of halogens is 3. The van der Waals surface area contributed by atoms with E-state index in [1.165, 1.54) is 17.7 Å². The zero-order valence-corrected chi connectivity index (χ0v) is 10.2. The predicted octanol–water partition coefficient (Wildman–Crippen LogP) is 3.54. The molecule has 0 saturated carbocycles. The summed E-state index contributed by atoms with van der Waals surface area (Å²) in [7, 11) is 0. The van der Waals surface area contributed by atoms with Gasteiger partial charge in [0.05, 0.1) is 5.03 Å². The van der Waals surface area contributed by atoms with Gasteiger partial charge in [-0.25, -0.2) is 4.39 Å². The van der Waals surface area contributed by atoms with Crippen LogP contribution < -0.4 is 10.5 Å². The molecule has 0 aliphatic carbocycles. The van der Waals surface area contributed by atoms with Crippen molar-refractivity contribution in [1.82, 2.24) is 0 Å². The highest BCUT2D eigenvalue weighted by molar-refractivity contribution is 6.36. The van der Waals surface area contributed by atoms with Crippen LogP contribution in [0, 0.1) is 5.82 Å². The topological polar surface area (TPSA) is 35.2 Å². The monoisotopic (exact) mass is 263 g/mol. The SMILES string of the molecule is C[C@H](N)c1ccc(F)cc1OCC(Cl)=CCl. The van der Waals surface area contributed by atoms with E-state index in [0.717, 1.165) is 5.56 Å². The van der Waals surface area contributed by atoms with Crippen LogP contribution in [0.5, 0.6) is 5.75 Å². The Labute approximate surface area is 104 Å². The molecular formula is C11H12Cl2FNO. The molecule has 0 bridgehead atoms. The number of hydrogen-bond acceptors (Lipinski definition) is 2. The van der Waals surface area contributed by atoms with Crippen molar-refractivity contribution < 1.29 is 9.13 Å². The van der Waals surface area contributed by atoms with Crippen molar-refractivity contribution in [3.8, 4) is 5.75 Å². The van der Waals surface area contributed by atoms with Gasteiger partial charge in [0.1, 0.15) is 18.2 Å². The summed E-state index contributed by atoms with van der Waals surface area (Å²) in [4.78, 5) is 0. The highest BCUT2D eigenvalue weighted by Crippen LogP contribution is 2.25. The Hall–Kier alpha value is -0.770. The molecule has 0 radical (unpaired) electrons. The van der Waals surface area contributed by atoms with Gasteiger partial charge in [0.15, 0.2) is 0 Å². The van der Waals surface area contributed by atoms with Crippen molar-refractivity contribution in [1.29, 1.82) is 0 Å². The minimum Gasteiger partial charge on any atom is -0.488 e. The lowest BCUT2D eigenvalue weighted by Crippen LogP contribution is -2.09. The van der Waals surface area contributed by atoms with Crippen LogP contribution in [0.3, 0.4) is 0 Å². The van der Waals surface area contributed by atoms with Crippen LogP contribution in [-0.4, -0.2) is 6.61 Å². The third kappa shape index (κ3) is 3.67. The number of nitrogens with two attached hydrogens (primary N) is 1. The molecule has 0 fully saturated rings. The van der Waals surface area contributed by atoms with Gasteiger partial charge < -0.3 is 10.5 Å². The molecule has 0 amide bonds. The molecule has 1 atom stereocenters. The second-order valence-corrected chi connectivity index (χ2v) is 4.02. The van der Waals surface area contributed by atoms with E-state index in [1.54, 1.807) is 13.0 Å². The van der Waals surface area contributed by atoms with Gasteiger partial charge in [-0.2, -0.15) is 0 Å². The maximum absolute atomic E-state index is 13.0. The lowest BCUT2D eigenvalue weighted by Gasteiger charge is -2.13. The molecule has 88 valence electrons. The van der Waals surface area contributed by atoms with E-state index in [-0.39, 0.29) is 18.5 Å². The molecule has 0 unspecified atom stereocenters. The maximum atomic E-state index is 13.0. The van der Waals surface area contributed by atoms with Gasteiger partial charge >= 0.3 is 0 Å². The van der Waals surface area contributed by atoms with Gasteiger partial charge in [0.2, 0.25) is 0 Å². The van der Waals surface area contributed by atoms with Crippen molar-refractivity contribution in [3.63, 3.8) is 0 Å². The normalized spacial score (nSPS) is 13.7. The first-order chi connectivity index (χ1) is 7.54. The first kappa shape index (κ1) is 13.3. The van der Waals surface area contributed by atoms with Crippen molar-refractivity contribution in [2.24, 2.45) is 5.73 Å². The van der Waals surface area contributed by atoms with E-state index in [4.69, 9.17) is 33.7 Å². The zero-order valence-electron chi connectivity index (χ0n) is 8.71. The summed E-state index contributed by atoms with van der Waals surface area (Å²) in [6, 6.07) is 3.96. The van der Waals surface area contributed by atoms with E-state index in [9.17, 15) is 4.39 Å². The summed E-state index contributed by atoms with van der Waals surface area (Å²) >= 11 is 11.0. The number of hydrogen-bond donors (Lipinski definition) is 1. The summed E-state index contributed by atoms with van der Waals surface area (Å²) in [5.41, 5.74) is 7.65. The molecule has 0 aromatic heterocycles. The van der Waals surface area contributed by atoms with E-state index >= 15 is 0 Å². The molecule has 0 spiro atoms. The van der Waals surface area contributed by atoms with Gasteiger partial charge in [-0.05, 0) is 13.0 Å². The Morgan fingerprint density at radius 1 is 1.62 bits per heavy atom. The van der Waals surface area contributed by atoms with E-state index in [0.29, 0.717) is 10.8 Å². The quantitative estimate of drug-likeness (QED) is 0.902. The molecule has 2 nitrogen and oxygen atoms in total. The highest BCUT2D eigenvalue weighted by Gasteiger charge is 2.09. The summed E-state index contributed by atoms with van der Waals surface area (Å²) in [5, 5.41) is 0.335. The minimum atomic E-state index is -0.384. The number of ether oxygens (including phenoxy) is 1. The summed E-state index contributed by atoms with van der Waals surface area (Å²) < 4.78 is 18.3. The fraction of sp³-hybridized carbons (Fsp3) is 0.273. The van der Waals surface area contributed by atoms with Crippen molar-refractivity contribution >= 4 is 23.2 Å². The standard InChI is InChI=1S/C11H12Cl2FNO/c1-7(15)10-3-2-9(14)4-11(10)16-6-8(13)5-12/h2-5,7H,6,15H2,1H3/t7-/m0/s1. The number of benzene rings is 1. The molecule has 0 saturated heterocycles. The molecule has 1 aromatic rings. The minimum absolute atomic E-state index is 0.0915. The maximum Gasteiger partial charge on any atom is 0.127 e. The Kier molecular flexibility index (Phi) is 5.06. The summed E-state index contributed by atoms with van der Waals surface area (Å²) in [5.74, 6) is -0.00274. The van der Waals surface area contributed by atoms with Gasteiger partial charge in [0, 0.05) is 23.2 Å². The van der Waals surface area contributed by atoms with Crippen LogP contribution in [0.25, 0.3) is 0 Å². The van der Waals surface area contributed by atoms with Gasteiger partial charge in [-0.3, -0.25) is 0 Å². The second kappa shape index (κ2) is 6.09. The second-order valence-electron chi connectivity index (χ2n) is 3.32. The molecule has 16 heavy (non-hydrogen) atoms. The molecular weight excluding hydrogens is 252 g/mol. The Morgan fingerprint density at radius 3 is 2.88 bits per heavy atom. The summed E-state index contributed by atoms with van der Waals surface area (Å²) in [6.45, 7) is 1.88. The lowest BCUT2D eigenvalue weighted by molar-refractivity contribution is 0.351. The van der Waals surface area contributed by atoms with Crippen LogP contribution in [0.1, 0.15) is 18.5 Å². The Balaban J connectivity index is 2.88. The molecule has 0 aliphatic heterocycles. The average molecular weight is 264 g/mol. The molecule has 1 rings (SSSR count). The third-order valence-corrected chi connectivity index (χ3v) is 2.54. The fourth-order valence-corrected chi connectivity index (χ4v) is 1.31. The van der Waals surface area contributed by atoms with E-state index in [1.807, 2.05) is 0 Å². The number of rotatable bonds is 4. The average Bonchev–Trinajstić information content (AvgIpc) is 2.25. The molecule has 0 aliphatic rings. The van der Waals surface area contributed by atoms with Crippen LogP contribution in [0.4, 0.5) is 4.39 Å². The van der Waals surface area contributed by atoms with E-state index in [2.05, 4.69) is 0 Å². The Morgan fingerprint density at radius 2 is 2.31 bits per heavy atom. The molecule has 0 heterocycles. The van der Waals surface area contributed by atoms with Gasteiger partial charge in [-0.15, -0.1) is 0 Å². The van der Waals surface area contributed by atoms with Crippen molar-refractivity contribution in [2.75, 3.05) is 6.61 Å². The van der Waals surface area contributed by atoms with Crippen molar-refractivity contribution in [2.45, 2.75) is 13.0 Å². The Bertz CT molecular complexity index is 394. The van der Waals surface area contributed by atoms with Crippen LogP contribution >= 0.6 is 23.2 Å². The largest absolute Gasteiger partial charge is 0.488 e. The summed E-state index contributed by atoms with van der Waals surface area (Å²) in [6.07, 6.45) is 0. The first-order valence-corrected chi connectivity index (χ1v) is 5.48. The van der Waals surface area contributed by atoms with Crippen LogP contribution in [0.2, 0.25) is 0 Å². The molecule has 5 heteroatoms. The van der Waals surface area contributed by atoms with Gasteiger partial charge in [-0.1, -0.05) is 29.3 Å². The fourth-order valence-electron chi connectivity index (χ4n) is 1.19. The highest BCUT2D eigenvalue weighted by atomic mass is 35.5.